The molecule has 1 aliphatic carbocycles. The highest BCUT2D eigenvalue weighted by Crippen LogP contribution is 2.43. The molecule has 250 valence electrons. The molecular weight excluding hydrogens is 572 g/mol. The maximum atomic E-state index is 12.3. The third-order valence-electron chi connectivity index (χ3n) is 8.70. The lowest BCUT2D eigenvalue weighted by Crippen LogP contribution is -2.38. The molecule has 2 aromatic rings. The summed E-state index contributed by atoms with van der Waals surface area (Å²) in [7, 11) is 6.89. The number of methoxy groups -OCH3 is 2. The summed E-state index contributed by atoms with van der Waals surface area (Å²) in [4.78, 5) is 16.2. The standard InChI is InChI=1S/C36H54N2O7/c1-36(2,45-35(39)37(3)4)25-27-9-15-33(31(23-27)29-11-13-30(14-12-29)42-21-8-20-41-6)44-26-28-10-16-34-32(24-28)38(18-22-43-34)17-7-19-40-5/h10-14,16,24,27,31,33H,7-9,15,17-23,25-26H2,1-6H3/t27-,31-,33+/m1/s1. The van der Waals surface area contributed by atoms with Crippen molar-refractivity contribution in [3.63, 3.8) is 0 Å². The van der Waals surface area contributed by atoms with Gasteiger partial charge in [-0.05, 0) is 87.3 Å². The normalized spacial score (nSPS) is 19.9. The summed E-state index contributed by atoms with van der Waals surface area (Å²) in [5.41, 5.74) is 2.98. The smallest absolute Gasteiger partial charge is 0.409 e. The maximum Gasteiger partial charge on any atom is 0.409 e. The first-order chi connectivity index (χ1) is 21.7. The van der Waals surface area contributed by atoms with E-state index in [4.69, 9.17) is 28.4 Å². The number of anilines is 1. The predicted octanol–water partition coefficient (Wildman–Crippen LogP) is 6.67. The van der Waals surface area contributed by atoms with Gasteiger partial charge in [0.25, 0.3) is 0 Å². The molecule has 2 aliphatic rings. The zero-order valence-electron chi connectivity index (χ0n) is 28.2. The Morgan fingerprint density at radius 3 is 2.49 bits per heavy atom. The Morgan fingerprint density at radius 2 is 1.76 bits per heavy atom. The number of rotatable bonds is 16. The van der Waals surface area contributed by atoms with Crippen molar-refractivity contribution in [1.29, 1.82) is 0 Å². The lowest BCUT2D eigenvalue weighted by molar-refractivity contribution is -0.0301. The van der Waals surface area contributed by atoms with Gasteiger partial charge in [-0.15, -0.1) is 0 Å². The van der Waals surface area contributed by atoms with Gasteiger partial charge in [-0.25, -0.2) is 4.79 Å². The number of nitrogens with zero attached hydrogens (tertiary/aromatic N) is 2. The molecule has 3 atom stereocenters. The van der Waals surface area contributed by atoms with Crippen LogP contribution in [-0.2, 0) is 25.6 Å². The topological polar surface area (TPSA) is 78.9 Å². The van der Waals surface area contributed by atoms with Gasteiger partial charge < -0.3 is 38.2 Å². The highest BCUT2D eigenvalue weighted by atomic mass is 16.6. The largest absolute Gasteiger partial charge is 0.494 e. The van der Waals surface area contributed by atoms with Crippen LogP contribution >= 0.6 is 0 Å². The number of ether oxygens (including phenoxy) is 6. The number of carbonyl (C=O) groups is 1. The summed E-state index contributed by atoms with van der Waals surface area (Å²) in [6.45, 7) is 9.13. The lowest BCUT2D eigenvalue weighted by Gasteiger charge is -2.39. The first-order valence-electron chi connectivity index (χ1n) is 16.4. The number of benzene rings is 2. The van der Waals surface area contributed by atoms with Crippen molar-refractivity contribution in [2.45, 2.75) is 76.6 Å². The Balaban J connectivity index is 1.46. The first kappa shape index (κ1) is 34.9. The van der Waals surface area contributed by atoms with E-state index in [1.165, 1.54) is 10.5 Å². The summed E-state index contributed by atoms with van der Waals surface area (Å²) in [6.07, 6.45) is 5.34. The fourth-order valence-electron chi connectivity index (χ4n) is 6.48. The molecule has 1 amide bonds. The van der Waals surface area contributed by atoms with Gasteiger partial charge in [0.15, 0.2) is 0 Å². The quantitative estimate of drug-likeness (QED) is 0.191. The maximum absolute atomic E-state index is 12.3. The van der Waals surface area contributed by atoms with Crippen LogP contribution in [0.15, 0.2) is 42.5 Å². The van der Waals surface area contributed by atoms with E-state index in [1.807, 2.05) is 13.8 Å². The van der Waals surface area contributed by atoms with E-state index in [2.05, 4.69) is 47.4 Å². The molecule has 0 unspecified atom stereocenters. The van der Waals surface area contributed by atoms with Gasteiger partial charge in [0.2, 0.25) is 0 Å². The van der Waals surface area contributed by atoms with Gasteiger partial charge in [-0.1, -0.05) is 18.2 Å². The minimum atomic E-state index is -0.551. The Morgan fingerprint density at radius 1 is 1.00 bits per heavy atom. The summed E-state index contributed by atoms with van der Waals surface area (Å²) in [6, 6.07) is 14.9. The summed E-state index contributed by atoms with van der Waals surface area (Å²) in [5, 5.41) is 0. The Labute approximate surface area is 270 Å². The molecule has 1 fully saturated rings. The monoisotopic (exact) mass is 626 g/mol. The SMILES string of the molecule is COCCCOc1ccc([C@H]2C[C@H](CC(C)(C)OC(=O)N(C)C)CC[C@@H]2OCc2ccc3c(c2)N(CCCOC)CCO3)cc1. The van der Waals surface area contributed by atoms with Gasteiger partial charge in [-0.3, -0.25) is 0 Å². The molecular formula is C36H54N2O7. The fourth-order valence-corrected chi connectivity index (χ4v) is 6.48. The lowest BCUT2D eigenvalue weighted by atomic mass is 9.73. The van der Waals surface area contributed by atoms with E-state index >= 15 is 0 Å². The second-order valence-electron chi connectivity index (χ2n) is 13.1. The zero-order valence-corrected chi connectivity index (χ0v) is 28.2. The van der Waals surface area contributed by atoms with Gasteiger partial charge in [0.1, 0.15) is 23.7 Å². The fraction of sp³-hybridized carbons (Fsp3) is 0.639. The minimum Gasteiger partial charge on any atom is -0.494 e. The molecule has 2 aromatic carbocycles. The average molecular weight is 627 g/mol. The van der Waals surface area contributed by atoms with Crippen molar-refractivity contribution < 1.29 is 33.2 Å². The van der Waals surface area contributed by atoms with Crippen molar-refractivity contribution in [2.24, 2.45) is 5.92 Å². The van der Waals surface area contributed by atoms with Gasteiger partial charge in [0.05, 0.1) is 31.5 Å². The Hall–Kier alpha value is -3.01. The molecule has 4 rings (SSSR count). The van der Waals surface area contributed by atoms with Crippen LogP contribution in [-0.4, -0.2) is 90.5 Å². The molecule has 9 heteroatoms. The van der Waals surface area contributed by atoms with Crippen molar-refractivity contribution in [3.05, 3.63) is 53.6 Å². The number of carbonyl (C=O) groups excluding carboxylic acids is 1. The Bertz CT molecular complexity index is 1190. The molecule has 1 saturated carbocycles. The molecule has 1 heterocycles. The second kappa shape index (κ2) is 17.1. The average Bonchev–Trinajstić information content (AvgIpc) is 3.02. The number of hydrogen-bond acceptors (Lipinski definition) is 8. The highest BCUT2D eigenvalue weighted by molar-refractivity contribution is 5.67. The van der Waals surface area contributed by atoms with Crippen molar-refractivity contribution in [2.75, 3.05) is 72.7 Å². The first-order valence-corrected chi connectivity index (χ1v) is 16.4. The highest BCUT2D eigenvalue weighted by Gasteiger charge is 2.36. The molecule has 0 radical (unpaired) electrons. The van der Waals surface area contributed by atoms with E-state index in [9.17, 15) is 4.79 Å². The van der Waals surface area contributed by atoms with Crippen LogP contribution in [0.25, 0.3) is 0 Å². The van der Waals surface area contributed by atoms with Gasteiger partial charge >= 0.3 is 6.09 Å². The van der Waals surface area contributed by atoms with E-state index in [0.29, 0.717) is 32.3 Å². The number of amides is 1. The molecule has 0 aromatic heterocycles. The van der Waals surface area contributed by atoms with Crippen LogP contribution in [0.1, 0.15) is 69.4 Å². The van der Waals surface area contributed by atoms with Crippen LogP contribution in [0.2, 0.25) is 0 Å². The van der Waals surface area contributed by atoms with E-state index in [0.717, 1.165) is 81.0 Å². The van der Waals surface area contributed by atoms with Crippen LogP contribution < -0.4 is 14.4 Å². The minimum absolute atomic E-state index is 0.0762. The predicted molar refractivity (Wildman–Crippen MR) is 177 cm³/mol. The molecule has 45 heavy (non-hydrogen) atoms. The van der Waals surface area contributed by atoms with Gasteiger partial charge in [0, 0.05) is 60.4 Å². The van der Waals surface area contributed by atoms with Crippen LogP contribution in [0.5, 0.6) is 11.5 Å². The molecule has 1 aliphatic heterocycles. The van der Waals surface area contributed by atoms with Crippen molar-refractivity contribution >= 4 is 11.8 Å². The number of hydrogen-bond donors (Lipinski definition) is 0. The van der Waals surface area contributed by atoms with E-state index in [-0.39, 0.29) is 18.1 Å². The molecule has 0 saturated heterocycles. The summed E-state index contributed by atoms with van der Waals surface area (Å²) >= 11 is 0. The van der Waals surface area contributed by atoms with E-state index in [1.54, 1.807) is 28.3 Å². The van der Waals surface area contributed by atoms with Crippen LogP contribution in [0, 0.1) is 5.92 Å². The zero-order chi connectivity index (χ0) is 32.2. The van der Waals surface area contributed by atoms with Gasteiger partial charge in [-0.2, -0.15) is 0 Å². The van der Waals surface area contributed by atoms with E-state index < -0.39 is 5.60 Å². The molecule has 0 bridgehead atoms. The third-order valence-corrected chi connectivity index (χ3v) is 8.70. The Kier molecular flexibility index (Phi) is 13.2. The van der Waals surface area contributed by atoms with Crippen molar-refractivity contribution in [1.82, 2.24) is 4.90 Å². The van der Waals surface area contributed by atoms with Crippen molar-refractivity contribution in [3.8, 4) is 11.5 Å². The summed E-state index contributed by atoms with van der Waals surface area (Å²) in [5.74, 6) is 2.43. The van der Waals surface area contributed by atoms with Crippen LogP contribution in [0.3, 0.4) is 0 Å². The third kappa shape index (κ3) is 10.5. The van der Waals surface area contributed by atoms with Crippen LogP contribution in [0.4, 0.5) is 10.5 Å². The number of fused-ring (bicyclic) bond motifs is 1. The molecule has 9 nitrogen and oxygen atoms in total. The molecule has 0 spiro atoms. The summed E-state index contributed by atoms with van der Waals surface area (Å²) < 4.78 is 34.9. The second-order valence-corrected chi connectivity index (χ2v) is 13.1. The molecule has 0 N–H and O–H groups in total.